The van der Waals surface area contributed by atoms with Crippen LogP contribution in [0, 0.1) is 5.82 Å². The molecule has 1 aliphatic heterocycles. The summed E-state index contributed by atoms with van der Waals surface area (Å²) in [6.45, 7) is 0.0554. The van der Waals surface area contributed by atoms with Gasteiger partial charge in [0.1, 0.15) is 17.4 Å². The van der Waals surface area contributed by atoms with Crippen molar-refractivity contribution in [3.05, 3.63) is 66.6 Å². The van der Waals surface area contributed by atoms with Gasteiger partial charge in [0.05, 0.1) is 5.69 Å². The summed E-state index contributed by atoms with van der Waals surface area (Å²) in [7, 11) is 1.73. The molecule has 6 heteroatoms. The number of nitrogens with zero attached hydrogens (tertiary/aromatic N) is 2. The van der Waals surface area contributed by atoms with Crippen molar-refractivity contribution in [2.75, 3.05) is 23.9 Å². The number of anilines is 3. The molecule has 0 radical (unpaired) electrons. The minimum atomic E-state index is -0.312. The number of hydrogen-bond donors (Lipinski definition) is 1. The number of nitrogens with one attached hydrogen (secondary N) is 1. The molecule has 0 atom stereocenters. The number of fused-ring (bicyclic) bond motifs is 1. The zero-order valence-corrected chi connectivity index (χ0v) is 14.1. The summed E-state index contributed by atoms with van der Waals surface area (Å²) >= 11 is 0. The van der Waals surface area contributed by atoms with Gasteiger partial charge in [-0.2, -0.15) is 0 Å². The first-order valence-corrected chi connectivity index (χ1v) is 8.12. The lowest BCUT2D eigenvalue weighted by molar-refractivity contribution is -0.120. The van der Waals surface area contributed by atoms with Crippen LogP contribution in [0.25, 0.3) is 11.1 Å². The van der Waals surface area contributed by atoms with Gasteiger partial charge in [-0.15, -0.1) is 0 Å². The average Bonchev–Trinajstić information content (AvgIpc) is 2.65. The Morgan fingerprint density at radius 2 is 1.96 bits per heavy atom. The van der Waals surface area contributed by atoms with Gasteiger partial charge in [-0.25, -0.2) is 9.37 Å². The SMILES string of the molecule is CN1C(=O)COc2ccc(-c3ccnc(Nc4cccc(F)c4)c3)cc21. The van der Waals surface area contributed by atoms with Gasteiger partial charge in [-0.3, -0.25) is 4.79 Å². The number of ether oxygens (including phenoxy) is 1. The second-order valence-electron chi connectivity index (χ2n) is 5.99. The maximum atomic E-state index is 13.3. The third-order valence-corrected chi connectivity index (χ3v) is 4.24. The Labute approximate surface area is 150 Å². The van der Waals surface area contributed by atoms with E-state index in [0.29, 0.717) is 17.3 Å². The van der Waals surface area contributed by atoms with Crippen LogP contribution >= 0.6 is 0 Å². The lowest BCUT2D eigenvalue weighted by atomic mass is 10.0. The van der Waals surface area contributed by atoms with Gasteiger partial charge in [0.2, 0.25) is 0 Å². The van der Waals surface area contributed by atoms with Gasteiger partial charge in [-0.05, 0) is 53.6 Å². The van der Waals surface area contributed by atoms with E-state index in [1.165, 1.54) is 12.1 Å². The highest BCUT2D eigenvalue weighted by Crippen LogP contribution is 2.35. The van der Waals surface area contributed by atoms with Crippen molar-refractivity contribution in [1.29, 1.82) is 0 Å². The molecule has 130 valence electrons. The number of rotatable bonds is 3. The summed E-state index contributed by atoms with van der Waals surface area (Å²) in [5, 5.41) is 3.09. The van der Waals surface area contributed by atoms with Crippen molar-refractivity contribution in [2.45, 2.75) is 0 Å². The molecule has 1 aromatic heterocycles. The number of hydrogen-bond acceptors (Lipinski definition) is 4. The van der Waals surface area contributed by atoms with Crippen LogP contribution in [0.1, 0.15) is 0 Å². The van der Waals surface area contributed by atoms with E-state index in [1.807, 2.05) is 30.3 Å². The standard InChI is InChI=1S/C20H16FN3O2/c1-24-17-9-13(5-6-18(17)26-12-20(24)25)14-7-8-22-19(10-14)23-16-4-2-3-15(21)11-16/h2-11H,12H2,1H3,(H,22,23). The van der Waals surface area contributed by atoms with Crippen LogP contribution in [0.4, 0.5) is 21.6 Å². The summed E-state index contributed by atoms with van der Waals surface area (Å²) in [4.78, 5) is 17.7. The van der Waals surface area contributed by atoms with Gasteiger partial charge in [0.25, 0.3) is 5.91 Å². The Bertz CT molecular complexity index is 990. The maximum Gasteiger partial charge on any atom is 0.264 e. The van der Waals surface area contributed by atoms with Crippen LogP contribution in [0.2, 0.25) is 0 Å². The van der Waals surface area contributed by atoms with Crippen molar-refractivity contribution < 1.29 is 13.9 Å². The molecule has 2 aromatic carbocycles. The molecule has 1 amide bonds. The minimum absolute atomic E-state index is 0.0554. The predicted molar refractivity (Wildman–Crippen MR) is 98.3 cm³/mol. The van der Waals surface area contributed by atoms with Crippen molar-refractivity contribution in [2.24, 2.45) is 0 Å². The minimum Gasteiger partial charge on any atom is -0.482 e. The van der Waals surface area contributed by atoms with Crippen molar-refractivity contribution in [1.82, 2.24) is 4.98 Å². The molecule has 5 nitrogen and oxygen atoms in total. The van der Waals surface area contributed by atoms with E-state index < -0.39 is 0 Å². The predicted octanol–water partition coefficient (Wildman–Crippen LogP) is 3.99. The van der Waals surface area contributed by atoms with Crippen LogP contribution in [-0.2, 0) is 4.79 Å². The smallest absolute Gasteiger partial charge is 0.264 e. The van der Waals surface area contributed by atoms with Crippen LogP contribution in [0.15, 0.2) is 60.8 Å². The monoisotopic (exact) mass is 349 g/mol. The lowest BCUT2D eigenvalue weighted by Gasteiger charge is -2.26. The summed E-state index contributed by atoms with van der Waals surface area (Å²) in [5.74, 6) is 0.890. The number of aromatic nitrogens is 1. The highest BCUT2D eigenvalue weighted by molar-refractivity contribution is 5.98. The lowest BCUT2D eigenvalue weighted by Crippen LogP contribution is -2.35. The summed E-state index contributed by atoms with van der Waals surface area (Å²) in [6, 6.07) is 15.7. The number of carbonyl (C=O) groups is 1. The van der Waals surface area contributed by atoms with Crippen molar-refractivity contribution in [3.63, 3.8) is 0 Å². The molecule has 26 heavy (non-hydrogen) atoms. The molecule has 0 fully saturated rings. The van der Waals surface area contributed by atoms with E-state index >= 15 is 0 Å². The first-order chi connectivity index (χ1) is 12.6. The fourth-order valence-corrected chi connectivity index (χ4v) is 2.84. The molecule has 4 rings (SSSR count). The van der Waals surface area contributed by atoms with Gasteiger partial charge in [0.15, 0.2) is 6.61 Å². The largest absolute Gasteiger partial charge is 0.482 e. The third-order valence-electron chi connectivity index (χ3n) is 4.24. The molecule has 0 saturated heterocycles. The number of carbonyl (C=O) groups excluding carboxylic acids is 1. The fourth-order valence-electron chi connectivity index (χ4n) is 2.84. The molecule has 1 aliphatic rings. The second-order valence-corrected chi connectivity index (χ2v) is 5.99. The molecular formula is C20H16FN3O2. The number of pyridine rings is 1. The zero-order chi connectivity index (χ0) is 18.1. The molecule has 0 aliphatic carbocycles. The van der Waals surface area contributed by atoms with Gasteiger partial charge < -0.3 is 15.0 Å². The number of halogens is 1. The van der Waals surface area contributed by atoms with Crippen LogP contribution in [-0.4, -0.2) is 24.5 Å². The Hall–Kier alpha value is -3.41. The van der Waals surface area contributed by atoms with Crippen LogP contribution < -0.4 is 15.0 Å². The van der Waals surface area contributed by atoms with Gasteiger partial charge in [-0.1, -0.05) is 12.1 Å². The zero-order valence-electron chi connectivity index (χ0n) is 14.1. The van der Waals surface area contributed by atoms with E-state index in [-0.39, 0.29) is 18.3 Å². The first-order valence-electron chi connectivity index (χ1n) is 8.12. The quantitative estimate of drug-likeness (QED) is 0.777. The summed E-state index contributed by atoms with van der Waals surface area (Å²) in [5.41, 5.74) is 3.21. The van der Waals surface area contributed by atoms with Gasteiger partial charge in [0, 0.05) is 18.9 Å². The van der Waals surface area contributed by atoms with Crippen molar-refractivity contribution in [3.8, 4) is 16.9 Å². The van der Waals surface area contributed by atoms with E-state index in [9.17, 15) is 9.18 Å². The van der Waals surface area contributed by atoms with Crippen LogP contribution in [0.5, 0.6) is 5.75 Å². The normalized spacial score (nSPS) is 13.2. The first kappa shape index (κ1) is 16.1. The topological polar surface area (TPSA) is 54.5 Å². The van der Waals surface area contributed by atoms with Gasteiger partial charge >= 0.3 is 0 Å². The fraction of sp³-hybridized carbons (Fsp3) is 0.100. The molecule has 3 aromatic rings. The molecule has 0 spiro atoms. The highest BCUT2D eigenvalue weighted by Gasteiger charge is 2.22. The maximum absolute atomic E-state index is 13.3. The van der Waals surface area contributed by atoms with E-state index in [1.54, 1.807) is 30.3 Å². The number of benzene rings is 2. The van der Waals surface area contributed by atoms with Crippen molar-refractivity contribution >= 4 is 23.1 Å². The Kier molecular flexibility index (Phi) is 4.01. The Balaban J connectivity index is 1.66. The number of likely N-dealkylation sites (N-methyl/N-ethyl adjacent to an activating group) is 1. The highest BCUT2D eigenvalue weighted by atomic mass is 19.1. The molecule has 2 heterocycles. The number of amides is 1. The van der Waals surface area contributed by atoms with E-state index in [0.717, 1.165) is 16.8 Å². The van der Waals surface area contributed by atoms with Crippen LogP contribution in [0.3, 0.4) is 0 Å². The molecule has 0 bridgehead atoms. The molecule has 0 saturated carbocycles. The summed E-state index contributed by atoms with van der Waals surface area (Å²) < 4.78 is 18.8. The van der Waals surface area contributed by atoms with E-state index in [4.69, 9.17) is 4.74 Å². The molecule has 0 unspecified atom stereocenters. The molecular weight excluding hydrogens is 333 g/mol. The average molecular weight is 349 g/mol. The summed E-state index contributed by atoms with van der Waals surface area (Å²) in [6.07, 6.45) is 1.68. The Morgan fingerprint density at radius 3 is 2.81 bits per heavy atom. The Morgan fingerprint density at radius 1 is 1.12 bits per heavy atom. The van der Waals surface area contributed by atoms with E-state index in [2.05, 4.69) is 10.3 Å². The molecule has 1 N–H and O–H groups in total. The third kappa shape index (κ3) is 3.09. The second kappa shape index (κ2) is 6.48.